The van der Waals surface area contributed by atoms with E-state index in [1.807, 2.05) is 23.6 Å². The van der Waals surface area contributed by atoms with Crippen LogP contribution in [0.15, 0.2) is 23.6 Å². The largest absolute Gasteiger partial charge is 0.454 e. The van der Waals surface area contributed by atoms with Gasteiger partial charge in [-0.3, -0.25) is 4.79 Å². The maximum atomic E-state index is 13.3. The van der Waals surface area contributed by atoms with Crippen LogP contribution in [0.2, 0.25) is 0 Å². The van der Waals surface area contributed by atoms with Crippen LogP contribution in [-0.2, 0) is 4.79 Å². The highest BCUT2D eigenvalue weighted by atomic mass is 79.9. The lowest BCUT2D eigenvalue weighted by Gasteiger charge is -2.59. The Hall–Kier alpha value is -1.60. The van der Waals surface area contributed by atoms with Gasteiger partial charge in [0.1, 0.15) is 0 Å². The number of nitrogens with zero attached hydrogens (tertiary/aromatic N) is 1. The summed E-state index contributed by atoms with van der Waals surface area (Å²) >= 11 is 5.47. The topological polar surface area (TPSA) is 60.5 Å². The second-order valence-electron chi connectivity index (χ2n) is 8.95. The van der Waals surface area contributed by atoms with E-state index in [2.05, 4.69) is 26.2 Å². The molecule has 0 radical (unpaired) electrons. The molecule has 2 aromatic rings. The zero-order valence-corrected chi connectivity index (χ0v) is 17.8. The number of fused-ring (bicyclic) bond motifs is 1. The third-order valence-electron chi connectivity index (χ3n) is 6.86. The van der Waals surface area contributed by atoms with Crippen molar-refractivity contribution in [1.29, 1.82) is 0 Å². The second kappa shape index (κ2) is 5.95. The molecule has 5 nitrogen and oxygen atoms in total. The normalized spacial score (nSPS) is 34.6. The number of aromatic nitrogens is 1. The maximum Gasteiger partial charge on any atom is 0.232 e. The minimum absolute atomic E-state index is 0.164. The van der Waals surface area contributed by atoms with Crippen molar-refractivity contribution in [3.8, 4) is 22.8 Å². The van der Waals surface area contributed by atoms with Crippen LogP contribution >= 0.6 is 27.3 Å². The molecule has 146 valence electrons. The number of benzene rings is 1. The number of alkyl halides is 1. The number of anilines is 1. The van der Waals surface area contributed by atoms with E-state index < -0.39 is 0 Å². The third-order valence-corrected chi connectivity index (χ3v) is 8.55. The molecule has 2 heterocycles. The van der Waals surface area contributed by atoms with Gasteiger partial charge in [-0.25, -0.2) is 4.98 Å². The quantitative estimate of drug-likeness (QED) is 0.638. The molecule has 0 saturated heterocycles. The van der Waals surface area contributed by atoms with E-state index in [1.54, 1.807) is 0 Å². The molecule has 2 atom stereocenters. The van der Waals surface area contributed by atoms with Gasteiger partial charge in [0.2, 0.25) is 12.7 Å². The fourth-order valence-electron chi connectivity index (χ4n) is 6.17. The SMILES string of the molecule is O=C(Nc1nc(-c2ccc3c(c2)OCO3)cs1)C12CC3CC(CC(Br)(C3)C1)C2. The summed E-state index contributed by atoms with van der Waals surface area (Å²) < 4.78 is 11.0. The molecule has 1 N–H and O–H groups in total. The number of hydrogen-bond acceptors (Lipinski definition) is 5. The number of amides is 1. The van der Waals surface area contributed by atoms with Crippen LogP contribution in [0, 0.1) is 17.3 Å². The second-order valence-corrected chi connectivity index (χ2v) is 11.5. The molecule has 7 heteroatoms. The Balaban J connectivity index is 1.23. The van der Waals surface area contributed by atoms with Crippen molar-refractivity contribution in [2.45, 2.75) is 42.8 Å². The van der Waals surface area contributed by atoms with Crippen molar-refractivity contribution < 1.29 is 14.3 Å². The molecule has 1 amide bonds. The van der Waals surface area contributed by atoms with E-state index in [4.69, 9.17) is 9.47 Å². The molecule has 0 spiro atoms. The smallest absolute Gasteiger partial charge is 0.232 e. The number of hydrogen-bond donors (Lipinski definition) is 1. The van der Waals surface area contributed by atoms with Crippen molar-refractivity contribution in [1.82, 2.24) is 4.98 Å². The lowest BCUT2D eigenvalue weighted by atomic mass is 9.49. The molecule has 5 aliphatic rings. The summed E-state index contributed by atoms with van der Waals surface area (Å²) in [6.07, 6.45) is 6.77. The molecule has 4 bridgehead atoms. The Bertz CT molecular complexity index is 960. The van der Waals surface area contributed by atoms with Crippen LogP contribution in [-0.4, -0.2) is 22.0 Å². The lowest BCUT2D eigenvalue weighted by Crippen LogP contribution is -2.57. The first kappa shape index (κ1) is 17.3. The molecule has 28 heavy (non-hydrogen) atoms. The summed E-state index contributed by atoms with van der Waals surface area (Å²) in [5.74, 6) is 3.04. The Labute approximate surface area is 176 Å². The predicted octanol–water partition coefficient (Wildman–Crippen LogP) is 5.21. The highest BCUT2D eigenvalue weighted by molar-refractivity contribution is 9.10. The van der Waals surface area contributed by atoms with Gasteiger partial charge in [-0.2, -0.15) is 0 Å². The summed E-state index contributed by atoms with van der Waals surface area (Å²) in [5, 5.41) is 5.81. The molecule has 7 rings (SSSR count). The Morgan fingerprint density at radius 2 is 1.96 bits per heavy atom. The van der Waals surface area contributed by atoms with Crippen molar-refractivity contribution in [2.75, 3.05) is 12.1 Å². The van der Waals surface area contributed by atoms with E-state index in [-0.39, 0.29) is 22.4 Å². The summed E-state index contributed by atoms with van der Waals surface area (Å²) in [4.78, 5) is 18.0. The molecule has 2 unspecified atom stereocenters. The van der Waals surface area contributed by atoms with Crippen LogP contribution in [0.3, 0.4) is 0 Å². The van der Waals surface area contributed by atoms with Crippen molar-refractivity contribution in [3.05, 3.63) is 23.6 Å². The average Bonchev–Trinajstić information content (AvgIpc) is 3.28. The fraction of sp³-hybridized carbons (Fsp3) is 0.524. The van der Waals surface area contributed by atoms with Crippen molar-refractivity contribution in [2.24, 2.45) is 17.3 Å². The van der Waals surface area contributed by atoms with Gasteiger partial charge >= 0.3 is 0 Å². The van der Waals surface area contributed by atoms with Gasteiger partial charge in [-0.15, -0.1) is 11.3 Å². The van der Waals surface area contributed by atoms with Gasteiger partial charge in [0.15, 0.2) is 16.6 Å². The fourth-order valence-corrected chi connectivity index (χ4v) is 8.33. The number of halogens is 1. The van der Waals surface area contributed by atoms with Crippen LogP contribution in [0.1, 0.15) is 38.5 Å². The molecular formula is C21H21BrN2O3S. The molecular weight excluding hydrogens is 440 g/mol. The number of thiazole rings is 1. The monoisotopic (exact) mass is 460 g/mol. The van der Waals surface area contributed by atoms with Crippen LogP contribution in [0.5, 0.6) is 11.5 Å². The zero-order valence-electron chi connectivity index (χ0n) is 15.4. The minimum atomic E-state index is -0.224. The van der Waals surface area contributed by atoms with Crippen LogP contribution < -0.4 is 14.8 Å². The van der Waals surface area contributed by atoms with Crippen molar-refractivity contribution in [3.63, 3.8) is 0 Å². The zero-order chi connectivity index (χ0) is 18.9. The Morgan fingerprint density at radius 1 is 1.18 bits per heavy atom. The molecule has 4 aliphatic carbocycles. The molecule has 4 saturated carbocycles. The molecule has 1 aliphatic heterocycles. The number of rotatable bonds is 3. The van der Waals surface area contributed by atoms with E-state index in [1.165, 1.54) is 30.6 Å². The summed E-state index contributed by atoms with van der Waals surface area (Å²) in [6.45, 7) is 0.260. The van der Waals surface area contributed by atoms with Crippen molar-refractivity contribution >= 4 is 38.3 Å². The molecule has 4 fully saturated rings. The number of carbonyl (C=O) groups excluding carboxylic acids is 1. The van der Waals surface area contributed by atoms with E-state index in [9.17, 15) is 4.79 Å². The van der Waals surface area contributed by atoms with Gasteiger partial charge in [-0.05, 0) is 68.6 Å². The van der Waals surface area contributed by atoms with E-state index in [0.717, 1.165) is 42.0 Å². The van der Waals surface area contributed by atoms with Gasteiger partial charge < -0.3 is 14.8 Å². The van der Waals surface area contributed by atoms with Crippen LogP contribution in [0.25, 0.3) is 11.3 Å². The molecule has 1 aromatic carbocycles. The van der Waals surface area contributed by atoms with Crippen LogP contribution in [0.4, 0.5) is 5.13 Å². The van der Waals surface area contributed by atoms with Gasteiger partial charge in [0.05, 0.1) is 11.1 Å². The number of nitrogens with one attached hydrogen (secondary N) is 1. The summed E-state index contributed by atoms with van der Waals surface area (Å²) in [5.41, 5.74) is 1.59. The summed E-state index contributed by atoms with van der Waals surface area (Å²) in [6, 6.07) is 5.82. The van der Waals surface area contributed by atoms with Gasteiger partial charge in [0, 0.05) is 15.3 Å². The third kappa shape index (κ3) is 2.70. The van der Waals surface area contributed by atoms with E-state index >= 15 is 0 Å². The predicted molar refractivity (Wildman–Crippen MR) is 111 cm³/mol. The van der Waals surface area contributed by atoms with E-state index in [0.29, 0.717) is 17.0 Å². The lowest BCUT2D eigenvalue weighted by molar-refractivity contribution is -0.138. The first-order valence-electron chi connectivity index (χ1n) is 9.86. The first-order chi connectivity index (χ1) is 13.5. The average molecular weight is 461 g/mol. The highest BCUT2D eigenvalue weighted by Gasteiger charge is 2.59. The highest BCUT2D eigenvalue weighted by Crippen LogP contribution is 2.64. The standard InChI is InChI=1S/C21H21BrN2O3S/c22-21-7-12-3-13(8-21)6-20(5-12,10-21)18(25)24-19-23-15(9-28-19)14-1-2-16-17(4-14)27-11-26-16/h1-2,4,9,12-13H,3,5-8,10-11H2,(H,23,24,25). The number of carbonyl (C=O) groups is 1. The minimum Gasteiger partial charge on any atom is -0.454 e. The Kier molecular flexibility index (Phi) is 3.67. The number of ether oxygens (including phenoxy) is 2. The molecule has 1 aromatic heterocycles. The van der Waals surface area contributed by atoms with Gasteiger partial charge in [0.25, 0.3) is 0 Å². The maximum absolute atomic E-state index is 13.3. The summed E-state index contributed by atoms with van der Waals surface area (Å²) in [7, 11) is 0. The first-order valence-corrected chi connectivity index (χ1v) is 11.5. The Morgan fingerprint density at radius 3 is 2.75 bits per heavy atom. The van der Waals surface area contributed by atoms with Gasteiger partial charge in [-0.1, -0.05) is 15.9 Å².